The average molecular weight is 400 g/mol. The summed E-state index contributed by atoms with van der Waals surface area (Å²) in [5, 5.41) is 4.58. The van der Waals surface area contributed by atoms with Gasteiger partial charge < -0.3 is 15.2 Å². The SMILES string of the molecule is CCNC(=NCCc1c[nH]c2cc(C)ccc12)N(C)C.I. The number of halogens is 1. The van der Waals surface area contributed by atoms with Crippen LogP contribution in [0.15, 0.2) is 29.4 Å². The van der Waals surface area contributed by atoms with Crippen molar-refractivity contribution >= 4 is 40.8 Å². The third-order valence-corrected chi connectivity index (χ3v) is 3.32. The molecule has 2 rings (SSSR count). The van der Waals surface area contributed by atoms with E-state index in [9.17, 15) is 0 Å². The van der Waals surface area contributed by atoms with Crippen molar-refractivity contribution in [2.45, 2.75) is 20.3 Å². The normalized spacial score (nSPS) is 11.3. The largest absolute Gasteiger partial charge is 0.361 e. The molecule has 0 aliphatic rings. The summed E-state index contributed by atoms with van der Waals surface area (Å²) in [6.45, 7) is 5.88. The minimum atomic E-state index is 0. The van der Waals surface area contributed by atoms with Gasteiger partial charge >= 0.3 is 0 Å². The highest BCUT2D eigenvalue weighted by molar-refractivity contribution is 14.0. The van der Waals surface area contributed by atoms with Gasteiger partial charge in [-0.25, -0.2) is 0 Å². The van der Waals surface area contributed by atoms with Gasteiger partial charge in [-0.2, -0.15) is 0 Å². The molecule has 0 bridgehead atoms. The molecule has 0 aliphatic heterocycles. The summed E-state index contributed by atoms with van der Waals surface area (Å²) in [5.41, 5.74) is 3.83. The molecule has 0 radical (unpaired) electrons. The minimum Gasteiger partial charge on any atom is -0.361 e. The number of hydrogen-bond donors (Lipinski definition) is 2. The molecule has 5 heteroatoms. The number of aromatic nitrogens is 1. The number of H-pyrrole nitrogens is 1. The third kappa shape index (κ3) is 4.62. The van der Waals surface area contributed by atoms with E-state index < -0.39 is 0 Å². The maximum absolute atomic E-state index is 4.63. The van der Waals surface area contributed by atoms with E-state index in [0.29, 0.717) is 0 Å². The van der Waals surface area contributed by atoms with E-state index in [2.05, 4.69) is 53.5 Å². The summed E-state index contributed by atoms with van der Waals surface area (Å²) in [5.74, 6) is 0.947. The monoisotopic (exact) mass is 400 g/mol. The number of aromatic amines is 1. The quantitative estimate of drug-likeness (QED) is 0.471. The molecular weight excluding hydrogens is 375 g/mol. The summed E-state index contributed by atoms with van der Waals surface area (Å²) in [4.78, 5) is 9.99. The van der Waals surface area contributed by atoms with Crippen molar-refractivity contribution in [1.82, 2.24) is 15.2 Å². The Balaban J connectivity index is 0.00000220. The van der Waals surface area contributed by atoms with Crippen molar-refractivity contribution in [3.63, 3.8) is 0 Å². The topological polar surface area (TPSA) is 43.4 Å². The van der Waals surface area contributed by atoms with Crippen LogP contribution in [0.3, 0.4) is 0 Å². The van der Waals surface area contributed by atoms with E-state index in [1.807, 2.05) is 19.0 Å². The lowest BCUT2D eigenvalue weighted by Crippen LogP contribution is -2.36. The van der Waals surface area contributed by atoms with Crippen molar-refractivity contribution in [2.24, 2.45) is 4.99 Å². The van der Waals surface area contributed by atoms with Gasteiger partial charge in [0, 0.05) is 44.3 Å². The Kier molecular flexibility index (Phi) is 7.01. The zero-order chi connectivity index (χ0) is 14.5. The molecule has 0 spiro atoms. The van der Waals surface area contributed by atoms with Crippen LogP contribution in [0.5, 0.6) is 0 Å². The zero-order valence-electron chi connectivity index (χ0n) is 13.2. The Morgan fingerprint density at radius 2 is 2.10 bits per heavy atom. The number of fused-ring (bicyclic) bond motifs is 1. The Morgan fingerprint density at radius 1 is 1.33 bits per heavy atom. The fourth-order valence-electron chi connectivity index (χ4n) is 2.30. The van der Waals surface area contributed by atoms with E-state index in [4.69, 9.17) is 0 Å². The molecule has 1 heterocycles. The minimum absolute atomic E-state index is 0. The lowest BCUT2D eigenvalue weighted by molar-refractivity contribution is 0.583. The second kappa shape index (κ2) is 8.26. The molecule has 116 valence electrons. The molecule has 0 unspecified atom stereocenters. The van der Waals surface area contributed by atoms with Crippen LogP contribution in [0.1, 0.15) is 18.1 Å². The van der Waals surface area contributed by atoms with Gasteiger partial charge in [0.2, 0.25) is 0 Å². The molecule has 1 aromatic carbocycles. The van der Waals surface area contributed by atoms with Crippen LogP contribution in [0, 0.1) is 6.92 Å². The first-order chi connectivity index (χ1) is 9.61. The number of hydrogen-bond acceptors (Lipinski definition) is 1. The number of rotatable bonds is 4. The van der Waals surface area contributed by atoms with Crippen LogP contribution in [0.4, 0.5) is 0 Å². The summed E-state index contributed by atoms with van der Waals surface area (Å²) in [6, 6.07) is 6.54. The molecule has 21 heavy (non-hydrogen) atoms. The molecule has 0 saturated heterocycles. The van der Waals surface area contributed by atoms with Crippen LogP contribution in [0.2, 0.25) is 0 Å². The standard InChI is InChI=1S/C16H24N4.HI/c1-5-17-16(20(3)4)18-9-8-13-11-19-15-10-12(2)6-7-14(13)15;/h6-7,10-11,19H,5,8-9H2,1-4H3,(H,17,18);1H. The molecule has 0 aliphatic carbocycles. The van der Waals surface area contributed by atoms with Crippen molar-refractivity contribution in [2.75, 3.05) is 27.2 Å². The first-order valence-corrected chi connectivity index (χ1v) is 7.14. The number of aliphatic imine (C=N–C) groups is 1. The lowest BCUT2D eigenvalue weighted by atomic mass is 10.1. The van der Waals surface area contributed by atoms with E-state index in [1.54, 1.807) is 0 Å². The number of nitrogens with zero attached hydrogens (tertiary/aromatic N) is 2. The maximum Gasteiger partial charge on any atom is 0.193 e. The Labute approximate surface area is 144 Å². The van der Waals surface area contributed by atoms with Gasteiger partial charge in [-0.05, 0) is 37.5 Å². The van der Waals surface area contributed by atoms with Gasteiger partial charge in [0.15, 0.2) is 5.96 Å². The third-order valence-electron chi connectivity index (χ3n) is 3.32. The van der Waals surface area contributed by atoms with E-state index in [0.717, 1.165) is 25.5 Å². The molecule has 2 N–H and O–H groups in total. The van der Waals surface area contributed by atoms with Crippen molar-refractivity contribution in [3.05, 3.63) is 35.5 Å². The molecule has 4 nitrogen and oxygen atoms in total. The van der Waals surface area contributed by atoms with Crippen LogP contribution < -0.4 is 5.32 Å². The van der Waals surface area contributed by atoms with Crippen molar-refractivity contribution in [1.29, 1.82) is 0 Å². The number of aryl methyl sites for hydroxylation is 1. The van der Waals surface area contributed by atoms with Gasteiger partial charge in [0.05, 0.1) is 0 Å². The van der Waals surface area contributed by atoms with E-state index in [-0.39, 0.29) is 24.0 Å². The summed E-state index contributed by atoms with van der Waals surface area (Å²) in [7, 11) is 4.02. The van der Waals surface area contributed by atoms with E-state index >= 15 is 0 Å². The molecule has 2 aromatic rings. The second-order valence-corrected chi connectivity index (χ2v) is 5.24. The number of guanidine groups is 1. The van der Waals surface area contributed by atoms with Crippen LogP contribution in [0.25, 0.3) is 10.9 Å². The maximum atomic E-state index is 4.63. The molecule has 1 aromatic heterocycles. The van der Waals surface area contributed by atoms with Gasteiger partial charge in [-0.3, -0.25) is 4.99 Å². The summed E-state index contributed by atoms with van der Waals surface area (Å²) < 4.78 is 0. The highest BCUT2D eigenvalue weighted by atomic mass is 127. The van der Waals surface area contributed by atoms with Gasteiger partial charge in [-0.1, -0.05) is 12.1 Å². The lowest BCUT2D eigenvalue weighted by Gasteiger charge is -2.16. The summed E-state index contributed by atoms with van der Waals surface area (Å²) >= 11 is 0. The van der Waals surface area contributed by atoms with Crippen LogP contribution in [-0.4, -0.2) is 43.0 Å². The fourth-order valence-corrected chi connectivity index (χ4v) is 2.30. The zero-order valence-corrected chi connectivity index (χ0v) is 15.6. The number of benzene rings is 1. The first-order valence-electron chi connectivity index (χ1n) is 7.14. The Bertz CT molecular complexity index is 601. The molecular formula is C16H25IN4. The smallest absolute Gasteiger partial charge is 0.193 e. The highest BCUT2D eigenvalue weighted by Gasteiger charge is 2.04. The highest BCUT2D eigenvalue weighted by Crippen LogP contribution is 2.19. The fraction of sp³-hybridized carbons (Fsp3) is 0.438. The first kappa shape index (κ1) is 17.8. The molecule has 0 fully saturated rings. The Hall–Kier alpha value is -1.24. The average Bonchev–Trinajstić information content (AvgIpc) is 2.80. The Morgan fingerprint density at radius 3 is 2.76 bits per heavy atom. The summed E-state index contributed by atoms with van der Waals surface area (Å²) in [6.07, 6.45) is 3.05. The van der Waals surface area contributed by atoms with Gasteiger partial charge in [0.1, 0.15) is 0 Å². The van der Waals surface area contributed by atoms with Crippen LogP contribution in [-0.2, 0) is 6.42 Å². The molecule has 0 amide bonds. The second-order valence-electron chi connectivity index (χ2n) is 5.24. The van der Waals surface area contributed by atoms with Crippen LogP contribution >= 0.6 is 24.0 Å². The van der Waals surface area contributed by atoms with Gasteiger partial charge in [0.25, 0.3) is 0 Å². The molecule has 0 saturated carbocycles. The molecule has 0 atom stereocenters. The van der Waals surface area contributed by atoms with Gasteiger partial charge in [-0.15, -0.1) is 24.0 Å². The number of nitrogens with one attached hydrogen (secondary N) is 2. The van der Waals surface area contributed by atoms with Crippen molar-refractivity contribution < 1.29 is 0 Å². The van der Waals surface area contributed by atoms with E-state index in [1.165, 1.54) is 22.0 Å². The predicted molar refractivity (Wildman–Crippen MR) is 102 cm³/mol. The predicted octanol–water partition coefficient (Wildman–Crippen LogP) is 3.16. The van der Waals surface area contributed by atoms with Crippen molar-refractivity contribution in [3.8, 4) is 0 Å².